The molecule has 0 N–H and O–H groups in total. The molecule has 0 fully saturated rings. The molecule has 4 heteroatoms. The van der Waals surface area contributed by atoms with Crippen molar-refractivity contribution in [1.82, 2.24) is 0 Å². The average Bonchev–Trinajstić information content (AvgIpc) is 2.03. The summed E-state index contributed by atoms with van der Waals surface area (Å²) in [6.07, 6.45) is 0. The van der Waals surface area contributed by atoms with Crippen molar-refractivity contribution in [3.05, 3.63) is 34.6 Å². The topological polar surface area (TPSA) is 17.1 Å². The molecule has 0 heterocycles. The van der Waals surface area contributed by atoms with Crippen molar-refractivity contribution in [2.24, 2.45) is 0 Å². The third kappa shape index (κ3) is 2.42. The van der Waals surface area contributed by atoms with Gasteiger partial charge in [-0.3, -0.25) is 4.79 Å². The smallest absolute Gasteiger partial charge is 0.152 e. The van der Waals surface area contributed by atoms with Gasteiger partial charge in [-0.1, -0.05) is 17.7 Å². The van der Waals surface area contributed by atoms with Gasteiger partial charge in [-0.25, -0.2) is 4.39 Å². The van der Waals surface area contributed by atoms with Crippen LogP contribution in [-0.2, 0) is 4.79 Å². The molecule has 1 unspecified atom stereocenters. The van der Waals surface area contributed by atoms with E-state index in [4.69, 9.17) is 23.2 Å². The first-order chi connectivity index (χ1) is 6.02. The van der Waals surface area contributed by atoms with E-state index in [0.29, 0.717) is 0 Å². The van der Waals surface area contributed by atoms with Gasteiger partial charge in [0.05, 0.1) is 0 Å². The lowest BCUT2D eigenvalue weighted by Gasteiger charge is -2.06. The highest BCUT2D eigenvalue weighted by atomic mass is 35.5. The molecular weight excluding hydrogens is 214 g/mol. The number of hydrogen-bond donors (Lipinski definition) is 0. The van der Waals surface area contributed by atoms with Crippen molar-refractivity contribution in [3.8, 4) is 0 Å². The average molecular weight is 221 g/mol. The number of benzene rings is 1. The lowest BCUT2D eigenvalue weighted by Crippen LogP contribution is -2.03. The van der Waals surface area contributed by atoms with Crippen molar-refractivity contribution in [2.75, 3.05) is 0 Å². The lowest BCUT2D eigenvalue weighted by atomic mass is 10.1. The molecular formula is C9H7Cl2FO. The molecule has 70 valence electrons. The standard InChI is InChI=1S/C9H7Cl2FO/c1-5(13)9(11)7-3-2-6(10)4-8(7)12/h2-4,9H,1H3. The third-order valence-corrected chi connectivity index (χ3v) is 2.37. The summed E-state index contributed by atoms with van der Waals surface area (Å²) < 4.78 is 13.1. The van der Waals surface area contributed by atoms with Gasteiger partial charge in [0.1, 0.15) is 11.2 Å². The quantitative estimate of drug-likeness (QED) is 0.700. The number of alkyl halides is 1. The maximum Gasteiger partial charge on any atom is 0.152 e. The predicted molar refractivity (Wildman–Crippen MR) is 50.7 cm³/mol. The Labute approximate surface area is 85.5 Å². The summed E-state index contributed by atoms with van der Waals surface area (Å²) in [5.74, 6) is -0.842. The van der Waals surface area contributed by atoms with Gasteiger partial charge in [-0.15, -0.1) is 11.6 Å². The highest BCUT2D eigenvalue weighted by molar-refractivity contribution is 6.31. The minimum Gasteiger partial charge on any atom is -0.298 e. The van der Waals surface area contributed by atoms with E-state index < -0.39 is 11.2 Å². The van der Waals surface area contributed by atoms with Crippen LogP contribution in [0, 0.1) is 5.82 Å². The number of hydrogen-bond acceptors (Lipinski definition) is 1. The summed E-state index contributed by atoms with van der Waals surface area (Å²) in [6.45, 7) is 1.31. The van der Waals surface area contributed by atoms with Crippen LogP contribution in [0.1, 0.15) is 17.9 Å². The van der Waals surface area contributed by atoms with Crippen LogP contribution < -0.4 is 0 Å². The first-order valence-electron chi connectivity index (χ1n) is 3.62. The molecule has 1 atom stereocenters. The van der Waals surface area contributed by atoms with Gasteiger partial charge in [0.25, 0.3) is 0 Å². The van der Waals surface area contributed by atoms with E-state index in [-0.39, 0.29) is 16.4 Å². The fourth-order valence-electron chi connectivity index (χ4n) is 0.926. The molecule has 13 heavy (non-hydrogen) atoms. The number of carbonyl (C=O) groups excluding carboxylic acids is 1. The zero-order valence-electron chi connectivity index (χ0n) is 6.85. The number of rotatable bonds is 2. The fraction of sp³-hybridized carbons (Fsp3) is 0.222. The largest absolute Gasteiger partial charge is 0.298 e. The maximum atomic E-state index is 13.1. The number of Topliss-reactive ketones (excluding diaryl/α,β-unsaturated/α-hetero) is 1. The Morgan fingerprint density at radius 3 is 2.62 bits per heavy atom. The van der Waals surface area contributed by atoms with Crippen molar-refractivity contribution in [2.45, 2.75) is 12.3 Å². The van der Waals surface area contributed by atoms with Crippen LogP contribution in [0.3, 0.4) is 0 Å². The highest BCUT2D eigenvalue weighted by Crippen LogP contribution is 2.25. The van der Waals surface area contributed by atoms with Crippen LogP contribution in [0.4, 0.5) is 4.39 Å². The molecule has 1 nitrogen and oxygen atoms in total. The number of carbonyl (C=O) groups is 1. The predicted octanol–water partition coefficient (Wildman–Crippen LogP) is 3.35. The highest BCUT2D eigenvalue weighted by Gasteiger charge is 2.17. The van der Waals surface area contributed by atoms with Crippen LogP contribution in [0.15, 0.2) is 18.2 Å². The third-order valence-electron chi connectivity index (χ3n) is 1.59. The van der Waals surface area contributed by atoms with Gasteiger partial charge in [-0.05, 0) is 19.1 Å². The molecule has 0 aromatic heterocycles. The molecule has 0 saturated carbocycles. The molecule has 0 aliphatic carbocycles. The van der Waals surface area contributed by atoms with E-state index in [2.05, 4.69) is 0 Å². The molecule has 0 saturated heterocycles. The van der Waals surface area contributed by atoms with Crippen molar-refractivity contribution >= 4 is 29.0 Å². The monoisotopic (exact) mass is 220 g/mol. The Morgan fingerprint density at radius 1 is 1.54 bits per heavy atom. The van der Waals surface area contributed by atoms with Crippen LogP contribution in [0.25, 0.3) is 0 Å². The Bertz CT molecular complexity index is 338. The second kappa shape index (κ2) is 4.07. The molecule has 0 spiro atoms. The molecule has 0 amide bonds. The maximum absolute atomic E-state index is 13.1. The summed E-state index contributed by atoms with van der Waals surface area (Å²) >= 11 is 11.2. The van der Waals surface area contributed by atoms with Gasteiger partial charge >= 0.3 is 0 Å². The van der Waals surface area contributed by atoms with Crippen LogP contribution in [0.2, 0.25) is 5.02 Å². The lowest BCUT2D eigenvalue weighted by molar-refractivity contribution is -0.116. The van der Waals surface area contributed by atoms with Crippen molar-refractivity contribution in [3.63, 3.8) is 0 Å². The Kier molecular flexibility index (Phi) is 3.28. The van der Waals surface area contributed by atoms with E-state index in [0.717, 1.165) is 6.07 Å². The molecule has 1 rings (SSSR count). The van der Waals surface area contributed by atoms with Crippen LogP contribution in [0.5, 0.6) is 0 Å². The zero-order valence-corrected chi connectivity index (χ0v) is 8.36. The molecule has 0 bridgehead atoms. The second-order valence-corrected chi connectivity index (χ2v) is 3.51. The number of halogens is 3. The van der Waals surface area contributed by atoms with Crippen molar-refractivity contribution in [1.29, 1.82) is 0 Å². The molecule has 1 aromatic rings. The minimum absolute atomic E-state index is 0.165. The Hall–Kier alpha value is -0.600. The van der Waals surface area contributed by atoms with E-state index in [1.165, 1.54) is 19.1 Å². The van der Waals surface area contributed by atoms with E-state index >= 15 is 0 Å². The SMILES string of the molecule is CC(=O)C(Cl)c1ccc(Cl)cc1F. The fourth-order valence-corrected chi connectivity index (χ4v) is 1.26. The Balaban J connectivity index is 3.08. The molecule has 0 aliphatic rings. The molecule has 0 aliphatic heterocycles. The van der Waals surface area contributed by atoms with Gasteiger partial charge in [0.15, 0.2) is 5.78 Å². The molecule has 0 radical (unpaired) electrons. The van der Waals surface area contributed by atoms with Gasteiger partial charge in [0, 0.05) is 10.6 Å². The summed E-state index contributed by atoms with van der Waals surface area (Å²) in [5.41, 5.74) is 0.165. The van der Waals surface area contributed by atoms with Crippen LogP contribution in [-0.4, -0.2) is 5.78 Å². The summed E-state index contributed by atoms with van der Waals surface area (Å²) in [4.78, 5) is 10.8. The van der Waals surface area contributed by atoms with Gasteiger partial charge in [-0.2, -0.15) is 0 Å². The van der Waals surface area contributed by atoms with E-state index in [1.807, 2.05) is 0 Å². The van der Waals surface area contributed by atoms with Crippen molar-refractivity contribution < 1.29 is 9.18 Å². The molecule has 1 aromatic carbocycles. The van der Waals surface area contributed by atoms with Crippen LogP contribution >= 0.6 is 23.2 Å². The minimum atomic E-state index is -0.933. The van der Waals surface area contributed by atoms with Gasteiger partial charge in [0.2, 0.25) is 0 Å². The summed E-state index contributed by atoms with van der Waals surface area (Å²) in [7, 11) is 0. The van der Waals surface area contributed by atoms with E-state index in [1.54, 1.807) is 0 Å². The Morgan fingerprint density at radius 2 is 2.15 bits per heavy atom. The normalized spacial score (nSPS) is 12.6. The zero-order chi connectivity index (χ0) is 10.0. The second-order valence-electron chi connectivity index (χ2n) is 2.64. The van der Waals surface area contributed by atoms with Gasteiger partial charge < -0.3 is 0 Å². The number of ketones is 1. The summed E-state index contributed by atoms with van der Waals surface area (Å²) in [6, 6.07) is 4.05. The van der Waals surface area contributed by atoms with E-state index in [9.17, 15) is 9.18 Å². The first kappa shape index (κ1) is 10.5. The first-order valence-corrected chi connectivity index (χ1v) is 4.43. The summed E-state index contributed by atoms with van der Waals surface area (Å²) in [5, 5.41) is -0.647.